The Hall–Kier alpha value is -1.30. The Balaban J connectivity index is 2.08. The summed E-state index contributed by atoms with van der Waals surface area (Å²) in [6.45, 7) is 3.82. The molecule has 0 aliphatic carbocycles. The monoisotopic (exact) mass is 321 g/mol. The summed E-state index contributed by atoms with van der Waals surface area (Å²) in [6, 6.07) is 9.59. The van der Waals surface area contributed by atoms with E-state index < -0.39 is 5.60 Å². The van der Waals surface area contributed by atoms with Crippen molar-refractivity contribution in [3.8, 4) is 0 Å². The second-order valence-corrected chi connectivity index (χ2v) is 6.94. The van der Waals surface area contributed by atoms with Crippen molar-refractivity contribution in [1.82, 2.24) is 5.32 Å². The molecule has 0 aliphatic heterocycles. The van der Waals surface area contributed by atoms with E-state index in [0.29, 0.717) is 5.56 Å². The number of aliphatic hydroxyl groups is 1. The molecule has 1 aromatic carbocycles. The summed E-state index contributed by atoms with van der Waals surface area (Å²) in [4.78, 5) is 14.2. The van der Waals surface area contributed by atoms with Crippen LogP contribution in [0.2, 0.25) is 0 Å². The number of amides is 1. The summed E-state index contributed by atoms with van der Waals surface area (Å²) in [6.07, 6.45) is 1.98. The van der Waals surface area contributed by atoms with Crippen molar-refractivity contribution in [2.75, 3.05) is 12.8 Å². The van der Waals surface area contributed by atoms with Crippen molar-refractivity contribution in [3.05, 3.63) is 51.7 Å². The lowest BCUT2D eigenvalue weighted by atomic mass is 10.0. The predicted molar refractivity (Wildman–Crippen MR) is 89.2 cm³/mol. The Labute approximate surface area is 133 Å². The Morgan fingerprint density at radius 1 is 1.43 bits per heavy atom. The molecule has 3 nitrogen and oxygen atoms in total. The Bertz CT molecular complexity index is 621. The third-order valence-electron chi connectivity index (χ3n) is 3.33. The molecule has 0 radical (unpaired) electrons. The Morgan fingerprint density at radius 2 is 2.19 bits per heavy atom. The average Bonchev–Trinajstić information content (AvgIpc) is 3.00. The lowest BCUT2D eigenvalue weighted by molar-refractivity contribution is 0.0556. The fourth-order valence-corrected chi connectivity index (χ4v) is 3.22. The number of benzene rings is 1. The van der Waals surface area contributed by atoms with Gasteiger partial charge in [-0.3, -0.25) is 4.79 Å². The second kappa shape index (κ2) is 6.64. The summed E-state index contributed by atoms with van der Waals surface area (Å²) in [5.74, 6) is -0.153. The highest BCUT2D eigenvalue weighted by molar-refractivity contribution is 7.98. The third-order valence-corrected chi connectivity index (χ3v) is 5.18. The van der Waals surface area contributed by atoms with Crippen LogP contribution in [0.5, 0.6) is 0 Å². The number of carbonyl (C=O) groups excluding carboxylic acids is 1. The number of thiophene rings is 1. The highest BCUT2D eigenvalue weighted by Gasteiger charge is 2.25. The van der Waals surface area contributed by atoms with Crippen LogP contribution in [0.1, 0.15) is 27.7 Å². The van der Waals surface area contributed by atoms with Crippen LogP contribution in [0.4, 0.5) is 0 Å². The van der Waals surface area contributed by atoms with Crippen LogP contribution in [0.25, 0.3) is 0 Å². The first-order valence-electron chi connectivity index (χ1n) is 6.63. The van der Waals surface area contributed by atoms with Crippen LogP contribution in [-0.2, 0) is 5.60 Å². The molecule has 0 saturated carbocycles. The van der Waals surface area contributed by atoms with Crippen molar-refractivity contribution in [2.45, 2.75) is 24.3 Å². The van der Waals surface area contributed by atoms with Gasteiger partial charge in [0, 0.05) is 15.3 Å². The van der Waals surface area contributed by atoms with E-state index >= 15 is 0 Å². The highest BCUT2D eigenvalue weighted by atomic mass is 32.2. The summed E-state index contributed by atoms with van der Waals surface area (Å²) in [7, 11) is 0. The van der Waals surface area contributed by atoms with Gasteiger partial charge in [-0.15, -0.1) is 23.1 Å². The van der Waals surface area contributed by atoms with Gasteiger partial charge in [0.2, 0.25) is 0 Å². The van der Waals surface area contributed by atoms with Crippen LogP contribution in [-0.4, -0.2) is 23.8 Å². The van der Waals surface area contributed by atoms with E-state index in [2.05, 4.69) is 5.32 Å². The third kappa shape index (κ3) is 3.87. The first kappa shape index (κ1) is 16.1. The summed E-state index contributed by atoms with van der Waals surface area (Å²) < 4.78 is 0. The van der Waals surface area contributed by atoms with Crippen LogP contribution in [0, 0.1) is 6.92 Å². The molecule has 0 spiro atoms. The number of rotatable bonds is 5. The molecule has 112 valence electrons. The molecule has 0 saturated heterocycles. The zero-order chi connectivity index (χ0) is 15.5. The molecule has 1 heterocycles. The Kier molecular flexibility index (Phi) is 5.08. The van der Waals surface area contributed by atoms with E-state index in [1.54, 1.807) is 18.7 Å². The normalized spacial score (nSPS) is 13.7. The second-order valence-electron chi connectivity index (χ2n) is 5.11. The lowest BCUT2D eigenvalue weighted by Gasteiger charge is -2.22. The van der Waals surface area contributed by atoms with Gasteiger partial charge in [0.1, 0.15) is 5.60 Å². The maximum Gasteiger partial charge on any atom is 0.251 e. The van der Waals surface area contributed by atoms with E-state index in [1.165, 1.54) is 11.3 Å². The van der Waals surface area contributed by atoms with Gasteiger partial charge in [0.25, 0.3) is 5.91 Å². The first-order valence-corrected chi connectivity index (χ1v) is 8.73. The minimum atomic E-state index is -1.05. The Morgan fingerprint density at radius 3 is 2.81 bits per heavy atom. The van der Waals surface area contributed by atoms with Gasteiger partial charge in [-0.05, 0) is 49.2 Å². The van der Waals surface area contributed by atoms with Gasteiger partial charge < -0.3 is 10.4 Å². The van der Waals surface area contributed by atoms with Crippen molar-refractivity contribution in [1.29, 1.82) is 0 Å². The van der Waals surface area contributed by atoms with Crippen molar-refractivity contribution in [3.63, 3.8) is 0 Å². The zero-order valence-electron chi connectivity index (χ0n) is 12.3. The van der Waals surface area contributed by atoms with Crippen LogP contribution < -0.4 is 5.32 Å². The fraction of sp³-hybridized carbons (Fsp3) is 0.312. The molecule has 1 unspecified atom stereocenters. The van der Waals surface area contributed by atoms with Gasteiger partial charge in [-0.1, -0.05) is 12.1 Å². The number of nitrogens with one attached hydrogen (secondary N) is 1. The number of hydrogen-bond acceptors (Lipinski definition) is 4. The molecule has 1 atom stereocenters. The molecule has 2 N–H and O–H groups in total. The fourth-order valence-electron chi connectivity index (χ4n) is 1.99. The summed E-state index contributed by atoms with van der Waals surface area (Å²) >= 11 is 3.08. The van der Waals surface area contributed by atoms with E-state index in [4.69, 9.17) is 0 Å². The molecule has 5 heteroatoms. The molecule has 0 fully saturated rings. The predicted octanol–water partition coefficient (Wildman–Crippen LogP) is 3.42. The lowest BCUT2D eigenvalue weighted by Crippen LogP contribution is -2.38. The molecule has 0 bridgehead atoms. The van der Waals surface area contributed by atoms with Crippen LogP contribution in [0.15, 0.2) is 40.6 Å². The highest BCUT2D eigenvalue weighted by Crippen LogP contribution is 2.25. The zero-order valence-corrected chi connectivity index (χ0v) is 14.0. The number of thioether (sulfide) groups is 1. The van der Waals surface area contributed by atoms with Crippen molar-refractivity contribution in [2.24, 2.45) is 0 Å². The number of carbonyl (C=O) groups is 1. The minimum Gasteiger partial charge on any atom is -0.383 e. The summed E-state index contributed by atoms with van der Waals surface area (Å²) in [5.41, 5.74) is 0.541. The maximum absolute atomic E-state index is 12.3. The molecule has 1 amide bonds. The van der Waals surface area contributed by atoms with Crippen LogP contribution >= 0.6 is 23.1 Å². The average molecular weight is 321 g/mol. The topological polar surface area (TPSA) is 49.3 Å². The first-order chi connectivity index (χ1) is 9.94. The smallest absolute Gasteiger partial charge is 0.251 e. The van der Waals surface area contributed by atoms with Gasteiger partial charge in [0.15, 0.2) is 0 Å². The molecular formula is C16H19NO2S2. The van der Waals surface area contributed by atoms with Crippen molar-refractivity contribution >= 4 is 29.0 Å². The molecule has 2 aromatic rings. The molecule has 0 aliphatic rings. The van der Waals surface area contributed by atoms with Crippen LogP contribution in [0.3, 0.4) is 0 Å². The van der Waals surface area contributed by atoms with Gasteiger partial charge in [-0.25, -0.2) is 0 Å². The molecule has 21 heavy (non-hydrogen) atoms. The van der Waals surface area contributed by atoms with Gasteiger partial charge in [-0.2, -0.15) is 0 Å². The van der Waals surface area contributed by atoms with E-state index in [9.17, 15) is 9.90 Å². The minimum absolute atomic E-state index is 0.153. The molecular weight excluding hydrogens is 302 g/mol. The molecule has 2 rings (SSSR count). The quantitative estimate of drug-likeness (QED) is 0.830. The van der Waals surface area contributed by atoms with Crippen molar-refractivity contribution < 1.29 is 9.90 Å². The summed E-state index contributed by atoms with van der Waals surface area (Å²) in [5, 5.41) is 15.2. The standard InChI is InChI=1S/C16H19NO2S2/c1-11-6-7-12(20-3)9-13(11)15(18)17-10-16(2,19)14-5-4-8-21-14/h4-9,19H,10H2,1-3H3,(H,17,18). The van der Waals surface area contributed by atoms with Gasteiger partial charge >= 0.3 is 0 Å². The van der Waals surface area contributed by atoms with E-state index in [-0.39, 0.29) is 12.5 Å². The molecule has 1 aromatic heterocycles. The number of aryl methyl sites for hydroxylation is 1. The number of hydrogen-bond donors (Lipinski definition) is 2. The SMILES string of the molecule is CSc1ccc(C)c(C(=O)NCC(C)(O)c2cccs2)c1. The van der Waals surface area contributed by atoms with Gasteiger partial charge in [0.05, 0.1) is 6.54 Å². The van der Waals surface area contributed by atoms with E-state index in [0.717, 1.165) is 15.3 Å². The van der Waals surface area contributed by atoms with E-state index in [1.807, 2.05) is 48.9 Å². The largest absolute Gasteiger partial charge is 0.383 e. The maximum atomic E-state index is 12.3.